The highest BCUT2D eigenvalue weighted by Crippen LogP contribution is 2.43. The van der Waals surface area contributed by atoms with Crippen LogP contribution in [-0.4, -0.2) is 107 Å². The smallest absolute Gasteiger partial charge is 0.261 e. The number of sulfone groups is 1. The number of amides is 3. The predicted molar refractivity (Wildman–Crippen MR) is 320 cm³/mol. The highest BCUT2D eigenvalue weighted by atomic mass is 79.9. The van der Waals surface area contributed by atoms with E-state index in [9.17, 15) is 27.6 Å². The van der Waals surface area contributed by atoms with E-state index in [-0.39, 0.29) is 47.9 Å². The van der Waals surface area contributed by atoms with Crippen molar-refractivity contribution in [3.05, 3.63) is 153 Å². The molecule has 3 unspecified atom stereocenters. The van der Waals surface area contributed by atoms with Gasteiger partial charge >= 0.3 is 0 Å². The minimum atomic E-state index is -3.79. The molecule has 0 radical (unpaired) electrons. The molecule has 4 heterocycles. The highest BCUT2D eigenvalue weighted by molar-refractivity contribution is 9.10. The molecular weight excluding hydrogens is 1160 g/mol. The third kappa shape index (κ3) is 13.3. The van der Waals surface area contributed by atoms with E-state index in [0.717, 1.165) is 38.1 Å². The molecule has 10 rings (SSSR count). The predicted octanol–water partition coefficient (Wildman–Crippen LogP) is 10.0. The van der Waals surface area contributed by atoms with Crippen molar-refractivity contribution in [3.63, 3.8) is 0 Å². The molecule has 0 bridgehead atoms. The quantitative estimate of drug-likeness (QED) is 0.0403. The van der Waals surface area contributed by atoms with Gasteiger partial charge in [-0.15, -0.1) is 0 Å². The molecule has 6 aromatic carbocycles. The maximum Gasteiger partial charge on any atom is 0.261 e. The van der Waals surface area contributed by atoms with E-state index in [2.05, 4.69) is 21.2 Å². The van der Waals surface area contributed by atoms with Gasteiger partial charge in [0.25, 0.3) is 11.8 Å². The Morgan fingerprint density at radius 3 is 1.80 bits per heavy atom. The van der Waals surface area contributed by atoms with Crippen LogP contribution >= 0.6 is 37.5 Å². The summed E-state index contributed by atoms with van der Waals surface area (Å²) in [7, 11) is 2.32. The summed E-state index contributed by atoms with van der Waals surface area (Å²) in [5.41, 5.74) is 13.2. The molecule has 81 heavy (non-hydrogen) atoms. The van der Waals surface area contributed by atoms with Crippen LogP contribution in [0.5, 0.6) is 28.7 Å². The number of hydrogen-bond acceptors (Lipinski definition) is 16. The number of nitrogens with one attached hydrogen (secondary N) is 1. The fourth-order valence-corrected chi connectivity index (χ4v) is 13.6. The Morgan fingerprint density at radius 2 is 1.25 bits per heavy atom. The number of ether oxygens (including phenoxy) is 5. The third-order valence-electron chi connectivity index (χ3n) is 14.2. The number of rotatable bonds is 25. The van der Waals surface area contributed by atoms with Crippen LogP contribution in [0.1, 0.15) is 68.7 Å². The number of nitrogens with zero attached hydrogens (tertiary/aromatic N) is 4. The number of Topliss-reactive ketones (excluding diaryl/α,β-unsaturated/α-hetero) is 1. The molecule has 0 saturated carbocycles. The van der Waals surface area contributed by atoms with Gasteiger partial charge in [-0.05, 0) is 108 Å². The first kappa shape index (κ1) is 57.1. The van der Waals surface area contributed by atoms with Crippen molar-refractivity contribution in [2.75, 3.05) is 54.4 Å². The summed E-state index contributed by atoms with van der Waals surface area (Å²) in [5.74, 6) is 1.68. The van der Waals surface area contributed by atoms with Gasteiger partial charge in [0.1, 0.15) is 24.7 Å². The zero-order valence-corrected chi connectivity index (χ0v) is 48.5. The summed E-state index contributed by atoms with van der Waals surface area (Å²) in [6.45, 7) is 0.953. The molecule has 0 aromatic heterocycles. The first-order valence-electron chi connectivity index (χ1n) is 26.4. The molecule has 3 amide bonds. The first-order valence-corrected chi connectivity index (χ1v) is 31.3. The molecule has 21 heteroatoms. The molecule has 420 valence electrons. The van der Waals surface area contributed by atoms with E-state index in [1.807, 2.05) is 79.2 Å². The van der Waals surface area contributed by atoms with Crippen LogP contribution in [0.3, 0.4) is 0 Å². The largest absolute Gasteiger partial charge is 0.494 e. The Kier molecular flexibility index (Phi) is 18.1. The Hall–Kier alpha value is -7.17. The van der Waals surface area contributed by atoms with Gasteiger partial charge in [0.15, 0.2) is 38.6 Å². The summed E-state index contributed by atoms with van der Waals surface area (Å²) < 4.78 is 56.9. The number of benzene rings is 6. The van der Waals surface area contributed by atoms with Crippen molar-refractivity contribution in [3.8, 4) is 28.7 Å². The van der Waals surface area contributed by atoms with Gasteiger partial charge in [-0.3, -0.25) is 39.0 Å². The first-order chi connectivity index (χ1) is 39.3. The van der Waals surface area contributed by atoms with Gasteiger partial charge in [0.2, 0.25) is 5.91 Å². The zero-order chi connectivity index (χ0) is 56.6. The number of fused-ring (bicyclic) bond motifs is 8. The van der Waals surface area contributed by atoms with E-state index in [4.69, 9.17) is 39.4 Å². The van der Waals surface area contributed by atoms with Crippen LogP contribution in [0.25, 0.3) is 0 Å². The second-order valence-corrected chi connectivity index (χ2v) is 25.3. The number of methoxy groups -OCH3 is 2. The van der Waals surface area contributed by atoms with Crippen LogP contribution < -0.4 is 44.5 Å². The van der Waals surface area contributed by atoms with E-state index < -0.39 is 27.4 Å². The fraction of sp³-hybridized carbons (Fsp3) is 0.300. The maximum absolute atomic E-state index is 14.1. The second kappa shape index (κ2) is 25.7. The van der Waals surface area contributed by atoms with Gasteiger partial charge in [0, 0.05) is 77.7 Å². The van der Waals surface area contributed by atoms with Gasteiger partial charge in [-0.1, -0.05) is 73.9 Å². The molecule has 0 saturated heterocycles. The summed E-state index contributed by atoms with van der Waals surface area (Å²) in [5, 5.41) is 2.95. The van der Waals surface area contributed by atoms with Crippen LogP contribution in [0.15, 0.2) is 135 Å². The average molecular weight is 1220 g/mol. The molecule has 0 spiro atoms. The number of aliphatic imine (C=N–C) groups is 2. The number of carbonyl (C=O) groups is 4. The minimum absolute atomic E-state index is 0.0728. The van der Waals surface area contributed by atoms with E-state index in [1.165, 1.54) is 47.9 Å². The molecule has 0 aliphatic carbocycles. The standard InChI is InChI=1S/C60H59BrN6O11S3/c1-74-54-28-46-49(64-32-42-26-39-9-3-5-11-51(39)66(42)59(46)70)30-56(54)77-34-37-23-38(35-78-57-31-50-47(29-55(57)75-2)60(71)67-43(33-65-50)27-40-10-4-6-12-52(40)67)25-44(24-37)76-20-8-7-13-58(69)63-19-22-80-79-21-18-48(62)53(68)36-81(72,73)45-16-14-41(61)15-17-45/h3-6,9-12,14-17,23-25,28-33,42-43,48H,7-8,13,18-22,26-27,34-36,62H2,1-2H3,(H,63,69). The normalized spacial score (nSPS) is 16.0. The maximum atomic E-state index is 14.1. The number of unbranched alkanes of at least 4 members (excludes halogenated alkanes) is 1. The lowest BCUT2D eigenvalue weighted by Crippen LogP contribution is -2.37. The topological polar surface area (TPSA) is 218 Å². The van der Waals surface area contributed by atoms with Crippen LogP contribution in [0, 0.1) is 0 Å². The van der Waals surface area contributed by atoms with Gasteiger partial charge in [-0.25, -0.2) is 8.42 Å². The lowest BCUT2D eigenvalue weighted by Gasteiger charge is -2.22. The summed E-state index contributed by atoms with van der Waals surface area (Å²) in [4.78, 5) is 66.7. The van der Waals surface area contributed by atoms with E-state index in [1.54, 1.807) is 46.2 Å². The lowest BCUT2D eigenvalue weighted by atomic mass is 10.1. The zero-order valence-electron chi connectivity index (χ0n) is 44.5. The monoisotopic (exact) mass is 1210 g/mol. The van der Waals surface area contributed by atoms with E-state index in [0.29, 0.717) is 114 Å². The number of halogens is 1. The van der Waals surface area contributed by atoms with Gasteiger partial charge < -0.3 is 34.7 Å². The van der Waals surface area contributed by atoms with Crippen molar-refractivity contribution >= 4 is 106 Å². The van der Waals surface area contributed by atoms with Gasteiger partial charge in [0.05, 0.1) is 66.3 Å². The highest BCUT2D eigenvalue weighted by Gasteiger charge is 2.38. The summed E-state index contributed by atoms with van der Waals surface area (Å²) in [6.07, 6.45) is 6.78. The van der Waals surface area contributed by atoms with Crippen molar-refractivity contribution in [2.24, 2.45) is 15.7 Å². The number of carbonyl (C=O) groups excluding carboxylic acids is 4. The molecule has 3 atom stereocenters. The number of para-hydroxylation sites is 2. The Balaban J connectivity index is 0.749. The third-order valence-corrected chi connectivity index (χ3v) is 18.8. The second-order valence-electron chi connectivity index (χ2n) is 19.7. The van der Waals surface area contributed by atoms with Crippen molar-refractivity contribution < 1.29 is 51.3 Å². The summed E-state index contributed by atoms with van der Waals surface area (Å²) >= 11 is 3.28. The van der Waals surface area contributed by atoms with Crippen LogP contribution in [0.2, 0.25) is 0 Å². The molecule has 17 nitrogen and oxygen atoms in total. The van der Waals surface area contributed by atoms with Crippen LogP contribution in [0.4, 0.5) is 22.7 Å². The van der Waals surface area contributed by atoms with Crippen molar-refractivity contribution in [1.82, 2.24) is 5.32 Å². The van der Waals surface area contributed by atoms with Crippen molar-refractivity contribution in [2.45, 2.75) is 74.8 Å². The van der Waals surface area contributed by atoms with Crippen molar-refractivity contribution in [1.29, 1.82) is 0 Å². The molecule has 4 aliphatic rings. The molecular formula is C60H59BrN6O11S3. The molecule has 0 fully saturated rings. The Morgan fingerprint density at radius 1 is 0.704 bits per heavy atom. The number of ketones is 1. The SMILES string of the molecule is COc1cc2c(cc1OCc1cc(COc3cc4c(cc3OC)C(=O)N3c5ccccc5CC3C=N4)cc(OCCCCC(=O)NCCSSCCC(N)C(=O)CS(=O)(=O)c3ccc(Br)cc3)c1)N=CC1Cc3ccccc3N1C2=O. The van der Waals surface area contributed by atoms with Crippen LogP contribution in [-0.2, 0) is 45.5 Å². The minimum Gasteiger partial charge on any atom is -0.494 e. The average Bonchev–Trinajstić information content (AvgIpc) is 4.11. The number of nitrogens with two attached hydrogens (primary N) is 1. The summed E-state index contributed by atoms with van der Waals surface area (Å²) in [6, 6.07) is 33.1. The Labute approximate surface area is 486 Å². The molecule has 6 aromatic rings. The van der Waals surface area contributed by atoms with E-state index >= 15 is 0 Å². The fourth-order valence-electron chi connectivity index (χ4n) is 10.1. The molecule has 4 aliphatic heterocycles. The lowest BCUT2D eigenvalue weighted by molar-refractivity contribution is -0.121. The number of anilines is 2. The van der Waals surface area contributed by atoms with Gasteiger partial charge in [-0.2, -0.15) is 0 Å². The Bertz CT molecular complexity index is 3390. The molecule has 3 N–H and O–H groups in total. The number of hydrogen-bond donors (Lipinski definition) is 2.